The van der Waals surface area contributed by atoms with Gasteiger partial charge >= 0.3 is 0 Å². The molecule has 1 heterocycles. The quantitative estimate of drug-likeness (QED) is 0.512. The van der Waals surface area contributed by atoms with E-state index in [1.54, 1.807) is 17.4 Å². The maximum atomic E-state index is 4.57. The summed E-state index contributed by atoms with van der Waals surface area (Å²) in [4.78, 5) is 4.57. The summed E-state index contributed by atoms with van der Waals surface area (Å²) in [5.41, 5.74) is 2.51. The molecule has 1 aliphatic rings. The molecule has 0 saturated heterocycles. The molecule has 3 heteroatoms. The van der Waals surface area contributed by atoms with E-state index in [0.717, 1.165) is 0 Å². The monoisotopic (exact) mass is 98.0 g/mol. The summed E-state index contributed by atoms with van der Waals surface area (Å²) < 4.78 is 0. The van der Waals surface area contributed by atoms with E-state index in [1.165, 1.54) is 6.26 Å². The number of hydrogen-bond acceptors (Lipinski definition) is 3. The van der Waals surface area contributed by atoms with Gasteiger partial charge in [0.1, 0.15) is 6.26 Å². The highest BCUT2D eigenvalue weighted by Gasteiger charge is 1.94. The van der Waals surface area contributed by atoms with Gasteiger partial charge in [-0.3, -0.25) is 5.01 Å². The van der Waals surface area contributed by atoms with Crippen LogP contribution in [0.5, 0.6) is 0 Å². The predicted molar refractivity (Wildman–Crippen MR) is 25.4 cm³/mol. The van der Waals surface area contributed by atoms with Gasteiger partial charge in [0.15, 0.2) is 0 Å². The molecule has 0 aliphatic carbocycles. The fourth-order valence-corrected chi connectivity index (χ4v) is 0.316. The second-order valence-corrected chi connectivity index (χ2v) is 1.08. The highest BCUT2D eigenvalue weighted by molar-refractivity contribution is 4.82. The molecule has 0 radical (unpaired) electrons. The van der Waals surface area contributed by atoms with Crippen LogP contribution in [0.4, 0.5) is 0 Å². The van der Waals surface area contributed by atoms with Crippen LogP contribution in [-0.2, 0) is 4.84 Å². The van der Waals surface area contributed by atoms with E-state index in [4.69, 9.17) is 0 Å². The van der Waals surface area contributed by atoms with Crippen LogP contribution in [0.15, 0.2) is 25.2 Å². The Morgan fingerprint density at radius 2 is 2.71 bits per heavy atom. The molecule has 1 N–H and O–H groups in total. The summed E-state index contributed by atoms with van der Waals surface area (Å²) in [5.74, 6) is 0. The first-order valence-corrected chi connectivity index (χ1v) is 1.92. The molecule has 1 aliphatic heterocycles. The zero-order valence-corrected chi connectivity index (χ0v) is 3.79. The second kappa shape index (κ2) is 1.66. The van der Waals surface area contributed by atoms with E-state index in [2.05, 4.69) is 17.0 Å². The Kier molecular flexibility index (Phi) is 0.997. The lowest BCUT2D eigenvalue weighted by Gasteiger charge is -2.03. The van der Waals surface area contributed by atoms with Gasteiger partial charge in [0.05, 0.1) is 6.20 Å². The van der Waals surface area contributed by atoms with Gasteiger partial charge in [-0.25, -0.2) is 0 Å². The summed E-state index contributed by atoms with van der Waals surface area (Å²) in [6.45, 7) is 3.47. The number of rotatable bonds is 1. The maximum Gasteiger partial charge on any atom is 0.131 e. The lowest BCUT2D eigenvalue weighted by atomic mass is 10.9. The van der Waals surface area contributed by atoms with Crippen molar-refractivity contribution in [1.82, 2.24) is 10.6 Å². The van der Waals surface area contributed by atoms with Crippen molar-refractivity contribution in [2.45, 2.75) is 0 Å². The van der Waals surface area contributed by atoms with Crippen molar-refractivity contribution in [3.63, 3.8) is 0 Å². The van der Waals surface area contributed by atoms with Crippen LogP contribution in [0, 0.1) is 0 Å². The molecule has 3 nitrogen and oxygen atoms in total. The van der Waals surface area contributed by atoms with Gasteiger partial charge in [-0.05, 0) is 0 Å². The van der Waals surface area contributed by atoms with Crippen molar-refractivity contribution in [3.8, 4) is 0 Å². The fourth-order valence-electron chi connectivity index (χ4n) is 0.316. The molecular weight excluding hydrogens is 92.1 g/mol. The van der Waals surface area contributed by atoms with E-state index < -0.39 is 0 Å². The minimum atomic E-state index is 1.53. The van der Waals surface area contributed by atoms with Gasteiger partial charge < -0.3 is 4.84 Å². The van der Waals surface area contributed by atoms with Crippen molar-refractivity contribution in [1.29, 1.82) is 0 Å². The van der Waals surface area contributed by atoms with Crippen molar-refractivity contribution >= 4 is 0 Å². The first-order valence-electron chi connectivity index (χ1n) is 1.92. The summed E-state index contributed by atoms with van der Waals surface area (Å²) in [7, 11) is 0. The van der Waals surface area contributed by atoms with Crippen LogP contribution in [0.2, 0.25) is 0 Å². The Hall–Kier alpha value is -0.960. The summed E-state index contributed by atoms with van der Waals surface area (Å²) in [5, 5.41) is 1.60. The van der Waals surface area contributed by atoms with Gasteiger partial charge in [-0.15, -0.1) is 0 Å². The van der Waals surface area contributed by atoms with Crippen LogP contribution < -0.4 is 5.59 Å². The summed E-state index contributed by atoms with van der Waals surface area (Å²) in [6, 6.07) is 0. The SMILES string of the molecule is C=CN1C=CON1. The average molecular weight is 98.1 g/mol. The van der Waals surface area contributed by atoms with E-state index >= 15 is 0 Å². The van der Waals surface area contributed by atoms with E-state index in [-0.39, 0.29) is 0 Å². The highest BCUT2D eigenvalue weighted by atomic mass is 16.7. The lowest BCUT2D eigenvalue weighted by molar-refractivity contribution is 0.0646. The van der Waals surface area contributed by atoms with Crippen molar-refractivity contribution in [2.24, 2.45) is 0 Å². The molecule has 7 heavy (non-hydrogen) atoms. The zero-order chi connectivity index (χ0) is 5.11. The second-order valence-electron chi connectivity index (χ2n) is 1.08. The van der Waals surface area contributed by atoms with Gasteiger partial charge in [-0.2, -0.15) is 0 Å². The molecule has 0 unspecified atom stereocenters. The van der Waals surface area contributed by atoms with Gasteiger partial charge in [0, 0.05) is 6.20 Å². The minimum Gasteiger partial charge on any atom is -0.395 e. The number of nitrogens with zero attached hydrogens (tertiary/aromatic N) is 1. The molecule has 0 atom stereocenters. The Balaban J connectivity index is 2.42. The van der Waals surface area contributed by atoms with Crippen LogP contribution in [0.3, 0.4) is 0 Å². The molecule has 0 aromatic heterocycles. The summed E-state index contributed by atoms with van der Waals surface area (Å²) in [6.07, 6.45) is 4.85. The van der Waals surface area contributed by atoms with E-state index in [0.29, 0.717) is 0 Å². The molecule has 0 bridgehead atoms. The third kappa shape index (κ3) is 0.721. The average Bonchev–Trinajstić information content (AvgIpc) is 2.14. The molecule has 0 aromatic rings. The van der Waals surface area contributed by atoms with Crippen LogP contribution in [0.25, 0.3) is 0 Å². The summed E-state index contributed by atoms with van der Waals surface area (Å²) >= 11 is 0. The number of nitrogens with one attached hydrogen (secondary N) is 1. The van der Waals surface area contributed by atoms with E-state index in [1.807, 2.05) is 0 Å². The van der Waals surface area contributed by atoms with Crippen molar-refractivity contribution < 1.29 is 4.84 Å². The first-order chi connectivity index (χ1) is 3.43. The Morgan fingerprint density at radius 1 is 1.86 bits per heavy atom. The van der Waals surface area contributed by atoms with Crippen LogP contribution >= 0.6 is 0 Å². The molecule has 0 aromatic carbocycles. The first kappa shape index (κ1) is 4.21. The standard InChI is InChI=1S/C4H6N2O/c1-2-6-3-4-7-5-6/h2-5H,1H2. The van der Waals surface area contributed by atoms with Crippen molar-refractivity contribution in [2.75, 3.05) is 0 Å². The Bertz CT molecular complexity index is 99.9. The maximum absolute atomic E-state index is 4.57. The van der Waals surface area contributed by atoms with Gasteiger partial charge in [-0.1, -0.05) is 12.2 Å². The fraction of sp³-hybridized carbons (Fsp3) is 0. The third-order valence-electron chi connectivity index (χ3n) is 0.644. The zero-order valence-electron chi connectivity index (χ0n) is 3.79. The van der Waals surface area contributed by atoms with E-state index in [9.17, 15) is 0 Å². The molecule has 1 rings (SSSR count). The van der Waals surface area contributed by atoms with Gasteiger partial charge in [0.2, 0.25) is 0 Å². The molecule has 0 fully saturated rings. The number of hydrazine groups is 1. The third-order valence-corrected chi connectivity index (χ3v) is 0.644. The predicted octanol–water partition coefficient (Wildman–Crippen LogP) is 0.353. The smallest absolute Gasteiger partial charge is 0.131 e. The Morgan fingerprint density at radius 3 is 3.00 bits per heavy atom. The number of hydrogen-bond donors (Lipinski definition) is 1. The normalized spacial score (nSPS) is 16.9. The van der Waals surface area contributed by atoms with Gasteiger partial charge in [0.25, 0.3) is 0 Å². The largest absolute Gasteiger partial charge is 0.395 e. The van der Waals surface area contributed by atoms with Crippen LogP contribution in [0.1, 0.15) is 0 Å². The highest BCUT2D eigenvalue weighted by Crippen LogP contribution is 1.91. The lowest BCUT2D eigenvalue weighted by Crippen LogP contribution is -2.20. The minimum absolute atomic E-state index is 1.53. The molecular formula is C4H6N2O. The van der Waals surface area contributed by atoms with Crippen molar-refractivity contribution in [3.05, 3.63) is 25.2 Å². The van der Waals surface area contributed by atoms with Crippen LogP contribution in [-0.4, -0.2) is 5.01 Å². The molecule has 0 amide bonds. The topological polar surface area (TPSA) is 24.5 Å². The Labute approximate surface area is 41.8 Å². The molecule has 0 spiro atoms. The molecule has 38 valence electrons. The molecule has 0 saturated carbocycles.